The van der Waals surface area contributed by atoms with Crippen molar-refractivity contribution in [2.24, 2.45) is 5.73 Å². The number of nitrogens with one attached hydrogen (secondary N) is 1. The largest absolute Gasteiger partial charge is 0.507 e. The lowest BCUT2D eigenvalue weighted by atomic mass is 10.1. The van der Waals surface area contributed by atoms with E-state index in [1.807, 2.05) is 6.07 Å². The van der Waals surface area contributed by atoms with Crippen LogP contribution < -0.4 is 11.1 Å². The van der Waals surface area contributed by atoms with Gasteiger partial charge in [0.25, 0.3) is 5.91 Å². The fourth-order valence-corrected chi connectivity index (χ4v) is 2.75. The molecule has 1 heterocycles. The average molecular weight is 299 g/mol. The molecule has 0 saturated heterocycles. The molecule has 6 heteroatoms. The highest BCUT2D eigenvalue weighted by Crippen LogP contribution is 2.30. The molecule has 3 rings (SSSR count). The van der Waals surface area contributed by atoms with Crippen molar-refractivity contribution in [1.29, 1.82) is 0 Å². The maximum atomic E-state index is 12.2. The molecule has 0 atom stereocenters. The van der Waals surface area contributed by atoms with Crippen molar-refractivity contribution < 1.29 is 9.90 Å². The molecule has 0 fully saturated rings. The molecule has 5 nitrogen and oxygen atoms in total. The summed E-state index contributed by atoms with van der Waals surface area (Å²) < 4.78 is 0. The molecule has 0 radical (unpaired) electrons. The first-order chi connectivity index (χ1) is 10.2. The van der Waals surface area contributed by atoms with Crippen LogP contribution in [0.25, 0.3) is 10.8 Å². The standard InChI is InChI=1S/C15H13N3O2S/c16-7-14-17-12(8-21-14)15(20)18-11-5-1-4-10-9(11)3-2-6-13(10)19/h1-6,8,19H,7,16H2,(H,18,20). The molecular formula is C15H13N3O2S. The van der Waals surface area contributed by atoms with Crippen LogP contribution in [0.5, 0.6) is 5.75 Å². The minimum absolute atomic E-state index is 0.183. The van der Waals surface area contributed by atoms with E-state index in [9.17, 15) is 9.90 Å². The number of thiazole rings is 1. The smallest absolute Gasteiger partial charge is 0.275 e. The van der Waals surface area contributed by atoms with Gasteiger partial charge in [0.2, 0.25) is 0 Å². The quantitative estimate of drug-likeness (QED) is 0.694. The van der Waals surface area contributed by atoms with Crippen LogP contribution in [0.15, 0.2) is 41.8 Å². The number of carbonyl (C=O) groups excluding carboxylic acids is 1. The number of aromatic nitrogens is 1. The average Bonchev–Trinajstić information content (AvgIpc) is 2.97. The Bertz CT molecular complexity index is 814. The van der Waals surface area contributed by atoms with Gasteiger partial charge in [-0.1, -0.05) is 24.3 Å². The third-order valence-electron chi connectivity index (χ3n) is 3.11. The number of hydrogen-bond acceptors (Lipinski definition) is 5. The highest BCUT2D eigenvalue weighted by molar-refractivity contribution is 7.09. The summed E-state index contributed by atoms with van der Waals surface area (Å²) in [5.74, 6) is -0.107. The molecule has 0 spiro atoms. The summed E-state index contributed by atoms with van der Waals surface area (Å²) in [5.41, 5.74) is 6.48. The van der Waals surface area contributed by atoms with Gasteiger partial charge in [0.1, 0.15) is 16.5 Å². The normalized spacial score (nSPS) is 10.7. The molecule has 1 amide bonds. The number of phenolic OH excluding ortho intramolecular Hbond substituents is 1. The molecule has 106 valence electrons. The molecule has 21 heavy (non-hydrogen) atoms. The van der Waals surface area contributed by atoms with E-state index in [0.29, 0.717) is 23.3 Å². The summed E-state index contributed by atoms with van der Waals surface area (Å²) in [6.07, 6.45) is 0. The Labute approximate surface area is 125 Å². The van der Waals surface area contributed by atoms with Gasteiger partial charge in [-0.3, -0.25) is 4.79 Å². The maximum absolute atomic E-state index is 12.2. The summed E-state index contributed by atoms with van der Waals surface area (Å²) in [7, 11) is 0. The van der Waals surface area contributed by atoms with Gasteiger partial charge in [0, 0.05) is 28.4 Å². The van der Waals surface area contributed by atoms with E-state index < -0.39 is 0 Å². The lowest BCUT2D eigenvalue weighted by Crippen LogP contribution is -2.13. The van der Waals surface area contributed by atoms with Gasteiger partial charge >= 0.3 is 0 Å². The van der Waals surface area contributed by atoms with Crippen molar-refractivity contribution in [1.82, 2.24) is 4.98 Å². The molecule has 0 aliphatic rings. The van der Waals surface area contributed by atoms with Crippen molar-refractivity contribution >= 4 is 33.7 Å². The molecule has 4 N–H and O–H groups in total. The van der Waals surface area contributed by atoms with E-state index in [2.05, 4.69) is 10.3 Å². The number of rotatable bonds is 3. The first-order valence-electron chi connectivity index (χ1n) is 6.35. The third-order valence-corrected chi connectivity index (χ3v) is 3.98. The fourth-order valence-electron chi connectivity index (χ4n) is 2.10. The van der Waals surface area contributed by atoms with Gasteiger partial charge in [0.15, 0.2) is 0 Å². The molecule has 1 aromatic heterocycles. The first-order valence-corrected chi connectivity index (χ1v) is 7.23. The lowest BCUT2D eigenvalue weighted by molar-refractivity contribution is 0.102. The SMILES string of the molecule is NCc1nc(C(=O)Nc2cccc3c(O)cccc23)cs1. The number of phenols is 1. The predicted octanol–water partition coefficient (Wildman–Crippen LogP) is 2.71. The molecule has 0 unspecified atom stereocenters. The first kappa shape index (κ1) is 13.5. The van der Waals surface area contributed by atoms with Crippen molar-refractivity contribution in [3.63, 3.8) is 0 Å². The van der Waals surface area contributed by atoms with Crippen LogP contribution in [-0.2, 0) is 6.54 Å². The van der Waals surface area contributed by atoms with Gasteiger partial charge in [-0.25, -0.2) is 4.98 Å². The van der Waals surface area contributed by atoms with E-state index in [4.69, 9.17) is 5.73 Å². The van der Waals surface area contributed by atoms with Crippen LogP contribution in [0, 0.1) is 0 Å². The zero-order chi connectivity index (χ0) is 14.8. The van der Waals surface area contributed by atoms with E-state index in [1.165, 1.54) is 11.3 Å². The predicted molar refractivity (Wildman–Crippen MR) is 83.6 cm³/mol. The lowest BCUT2D eigenvalue weighted by Gasteiger charge is -2.08. The molecular weight excluding hydrogens is 286 g/mol. The number of fused-ring (bicyclic) bond motifs is 1. The summed E-state index contributed by atoms with van der Waals surface area (Å²) in [4.78, 5) is 16.4. The number of amides is 1. The maximum Gasteiger partial charge on any atom is 0.275 e. The number of nitrogens with zero attached hydrogens (tertiary/aromatic N) is 1. The van der Waals surface area contributed by atoms with Crippen LogP contribution in [0.3, 0.4) is 0 Å². The monoisotopic (exact) mass is 299 g/mol. The molecule has 0 bridgehead atoms. The van der Waals surface area contributed by atoms with Crippen molar-refractivity contribution in [3.05, 3.63) is 52.5 Å². The number of aromatic hydroxyl groups is 1. The minimum Gasteiger partial charge on any atom is -0.507 e. The van der Waals surface area contributed by atoms with E-state index in [1.54, 1.807) is 35.7 Å². The van der Waals surface area contributed by atoms with Gasteiger partial charge in [-0.15, -0.1) is 11.3 Å². The molecule has 0 aliphatic carbocycles. The Morgan fingerprint density at radius 1 is 1.24 bits per heavy atom. The summed E-state index contributed by atoms with van der Waals surface area (Å²) >= 11 is 1.36. The zero-order valence-electron chi connectivity index (χ0n) is 11.0. The second-order valence-electron chi connectivity index (χ2n) is 4.46. The van der Waals surface area contributed by atoms with Gasteiger partial charge in [-0.2, -0.15) is 0 Å². The van der Waals surface area contributed by atoms with Gasteiger partial charge in [-0.05, 0) is 12.1 Å². The topological polar surface area (TPSA) is 88.2 Å². The summed E-state index contributed by atoms with van der Waals surface area (Å²) in [5, 5.41) is 16.5. The fraction of sp³-hybridized carbons (Fsp3) is 0.0667. The van der Waals surface area contributed by atoms with Crippen molar-refractivity contribution in [3.8, 4) is 5.75 Å². The van der Waals surface area contributed by atoms with Crippen LogP contribution in [-0.4, -0.2) is 16.0 Å². The van der Waals surface area contributed by atoms with Crippen LogP contribution >= 0.6 is 11.3 Å². The molecule has 3 aromatic rings. The van der Waals surface area contributed by atoms with Gasteiger partial charge < -0.3 is 16.2 Å². The Kier molecular flexibility index (Phi) is 3.55. The Morgan fingerprint density at radius 3 is 2.76 bits per heavy atom. The second kappa shape index (κ2) is 5.51. The van der Waals surface area contributed by atoms with Gasteiger partial charge in [0.05, 0.1) is 0 Å². The highest BCUT2D eigenvalue weighted by Gasteiger charge is 2.12. The summed E-state index contributed by atoms with van der Waals surface area (Å²) in [6.45, 7) is 0.320. The number of carbonyl (C=O) groups is 1. The van der Waals surface area contributed by atoms with Crippen LogP contribution in [0.4, 0.5) is 5.69 Å². The summed E-state index contributed by atoms with van der Waals surface area (Å²) in [6, 6.07) is 10.6. The Hall–Kier alpha value is -2.44. The van der Waals surface area contributed by atoms with Crippen LogP contribution in [0.1, 0.15) is 15.5 Å². The second-order valence-corrected chi connectivity index (χ2v) is 5.41. The molecule has 2 aromatic carbocycles. The molecule has 0 aliphatic heterocycles. The third kappa shape index (κ3) is 2.58. The number of benzene rings is 2. The Balaban J connectivity index is 1.94. The number of hydrogen-bond donors (Lipinski definition) is 3. The number of nitrogens with two attached hydrogens (primary N) is 1. The van der Waals surface area contributed by atoms with Crippen LogP contribution in [0.2, 0.25) is 0 Å². The van der Waals surface area contributed by atoms with E-state index in [-0.39, 0.29) is 11.7 Å². The van der Waals surface area contributed by atoms with E-state index >= 15 is 0 Å². The highest BCUT2D eigenvalue weighted by atomic mass is 32.1. The van der Waals surface area contributed by atoms with E-state index in [0.717, 1.165) is 10.4 Å². The molecule has 0 saturated carbocycles. The number of anilines is 1. The minimum atomic E-state index is -0.290. The van der Waals surface area contributed by atoms with Crippen molar-refractivity contribution in [2.75, 3.05) is 5.32 Å². The zero-order valence-corrected chi connectivity index (χ0v) is 11.9. The van der Waals surface area contributed by atoms with Crippen molar-refractivity contribution in [2.45, 2.75) is 6.54 Å². The Morgan fingerprint density at radius 2 is 2.00 bits per heavy atom.